The van der Waals surface area contributed by atoms with Crippen molar-refractivity contribution in [2.75, 3.05) is 5.32 Å². The van der Waals surface area contributed by atoms with Crippen LogP contribution in [0.25, 0.3) is 0 Å². The molecule has 0 unspecified atom stereocenters. The summed E-state index contributed by atoms with van der Waals surface area (Å²) in [7, 11) is 0. The van der Waals surface area contributed by atoms with Crippen molar-refractivity contribution < 1.29 is 4.79 Å². The van der Waals surface area contributed by atoms with Gasteiger partial charge in [-0.1, -0.05) is 25.1 Å². The first-order valence-corrected chi connectivity index (χ1v) is 6.00. The van der Waals surface area contributed by atoms with Crippen LogP contribution in [0.5, 0.6) is 0 Å². The van der Waals surface area contributed by atoms with Crippen LogP contribution in [-0.4, -0.2) is 10.9 Å². The zero-order chi connectivity index (χ0) is 13.7. The van der Waals surface area contributed by atoms with Crippen molar-refractivity contribution in [1.82, 2.24) is 4.98 Å². The van der Waals surface area contributed by atoms with Gasteiger partial charge in [-0.2, -0.15) is 5.26 Å². The quantitative estimate of drug-likeness (QED) is 0.912. The summed E-state index contributed by atoms with van der Waals surface area (Å²) in [6.45, 7) is 2.07. The number of carbonyl (C=O) groups is 1. The van der Waals surface area contributed by atoms with Crippen molar-refractivity contribution in [2.45, 2.75) is 13.3 Å². The minimum absolute atomic E-state index is 0.231. The number of hydrogen-bond acceptors (Lipinski definition) is 3. The van der Waals surface area contributed by atoms with E-state index in [9.17, 15) is 4.79 Å². The number of carbonyl (C=O) groups excluding carboxylic acids is 1. The third-order valence-electron chi connectivity index (χ3n) is 2.72. The Morgan fingerprint density at radius 2 is 2.00 bits per heavy atom. The molecule has 0 bridgehead atoms. The lowest BCUT2D eigenvalue weighted by Gasteiger charge is -2.05. The Bertz CT molecular complexity index is 627. The van der Waals surface area contributed by atoms with Gasteiger partial charge in [-0.15, -0.1) is 0 Å². The Kier molecular flexibility index (Phi) is 3.89. The van der Waals surface area contributed by atoms with Crippen LogP contribution in [0.3, 0.4) is 0 Å². The smallest absolute Gasteiger partial charge is 0.274 e. The molecule has 94 valence electrons. The highest BCUT2D eigenvalue weighted by Gasteiger charge is 2.08. The molecule has 0 saturated heterocycles. The number of rotatable bonds is 3. The van der Waals surface area contributed by atoms with Crippen LogP contribution >= 0.6 is 0 Å². The molecule has 4 nitrogen and oxygen atoms in total. The molecule has 2 aromatic rings. The lowest BCUT2D eigenvalue weighted by molar-refractivity contribution is 0.102. The molecule has 0 spiro atoms. The fraction of sp³-hybridized carbons (Fsp3) is 0.133. The van der Waals surface area contributed by atoms with Gasteiger partial charge in [0.1, 0.15) is 17.5 Å². The van der Waals surface area contributed by atoms with Gasteiger partial charge in [0, 0.05) is 5.69 Å². The summed E-state index contributed by atoms with van der Waals surface area (Å²) in [6, 6.07) is 14.3. The average molecular weight is 251 g/mol. The van der Waals surface area contributed by atoms with Crippen LogP contribution < -0.4 is 5.32 Å². The zero-order valence-electron chi connectivity index (χ0n) is 10.6. The fourth-order valence-corrected chi connectivity index (χ4v) is 1.64. The van der Waals surface area contributed by atoms with Gasteiger partial charge in [-0.25, -0.2) is 4.98 Å². The van der Waals surface area contributed by atoms with Crippen LogP contribution in [0.15, 0.2) is 42.5 Å². The van der Waals surface area contributed by atoms with Gasteiger partial charge < -0.3 is 5.32 Å². The number of aryl methyl sites for hydroxylation is 1. The highest BCUT2D eigenvalue weighted by atomic mass is 16.1. The van der Waals surface area contributed by atoms with Crippen molar-refractivity contribution in [3.05, 3.63) is 59.4 Å². The van der Waals surface area contributed by atoms with Crippen LogP contribution in [0.4, 0.5) is 5.69 Å². The molecule has 0 aliphatic rings. The molecule has 1 N–H and O–H groups in total. The number of hydrogen-bond donors (Lipinski definition) is 1. The molecule has 0 fully saturated rings. The third kappa shape index (κ3) is 3.17. The minimum Gasteiger partial charge on any atom is -0.321 e. The number of pyridine rings is 1. The second-order valence-corrected chi connectivity index (χ2v) is 4.02. The normalized spacial score (nSPS) is 9.68. The van der Waals surface area contributed by atoms with Crippen molar-refractivity contribution in [3.63, 3.8) is 0 Å². The number of nitriles is 1. The standard InChI is InChI=1S/C15H13N3O/c1-2-11-6-8-12(9-7-11)18-15(19)14-5-3-4-13(10-16)17-14/h3-9H,2H2,1H3,(H,18,19). The van der Waals surface area contributed by atoms with Gasteiger partial charge in [0.05, 0.1) is 0 Å². The van der Waals surface area contributed by atoms with Crippen LogP contribution in [0.2, 0.25) is 0 Å². The maximum atomic E-state index is 12.0. The second-order valence-electron chi connectivity index (χ2n) is 4.02. The summed E-state index contributed by atoms with van der Waals surface area (Å²) >= 11 is 0. The molecule has 0 atom stereocenters. The number of anilines is 1. The van der Waals surface area contributed by atoms with Gasteiger partial charge in [-0.05, 0) is 36.2 Å². The van der Waals surface area contributed by atoms with Crippen molar-refractivity contribution >= 4 is 11.6 Å². The second kappa shape index (κ2) is 5.78. The lowest BCUT2D eigenvalue weighted by Crippen LogP contribution is -2.14. The summed E-state index contributed by atoms with van der Waals surface area (Å²) in [5.41, 5.74) is 2.39. The zero-order valence-corrected chi connectivity index (χ0v) is 10.6. The predicted octanol–water partition coefficient (Wildman–Crippen LogP) is 2.77. The Morgan fingerprint density at radius 3 is 2.63 bits per heavy atom. The van der Waals surface area contributed by atoms with Crippen LogP contribution in [-0.2, 0) is 6.42 Å². The van der Waals surface area contributed by atoms with E-state index in [4.69, 9.17) is 5.26 Å². The molecule has 0 saturated carbocycles. The Labute approximate surface area is 111 Å². The largest absolute Gasteiger partial charge is 0.321 e. The minimum atomic E-state index is -0.318. The van der Waals surface area contributed by atoms with E-state index < -0.39 is 0 Å². The summed E-state index contributed by atoms with van der Waals surface area (Å²) in [5.74, 6) is -0.318. The number of nitrogens with zero attached hydrogens (tertiary/aromatic N) is 2. The fourth-order valence-electron chi connectivity index (χ4n) is 1.64. The Balaban J connectivity index is 2.13. The molecule has 2 rings (SSSR count). The van der Waals surface area contributed by atoms with Gasteiger partial charge in [0.25, 0.3) is 5.91 Å². The molecule has 1 aromatic heterocycles. The van der Waals surface area contributed by atoms with E-state index >= 15 is 0 Å². The summed E-state index contributed by atoms with van der Waals surface area (Å²) < 4.78 is 0. The van der Waals surface area contributed by atoms with Crippen LogP contribution in [0.1, 0.15) is 28.7 Å². The van der Waals surface area contributed by atoms with E-state index in [0.717, 1.165) is 6.42 Å². The lowest BCUT2D eigenvalue weighted by atomic mass is 10.1. The molecule has 1 aromatic carbocycles. The highest BCUT2D eigenvalue weighted by Crippen LogP contribution is 2.11. The number of aromatic nitrogens is 1. The summed E-state index contributed by atoms with van der Waals surface area (Å²) in [6.07, 6.45) is 0.958. The number of amides is 1. The monoisotopic (exact) mass is 251 g/mol. The molecule has 1 amide bonds. The van der Waals surface area contributed by atoms with E-state index in [1.165, 1.54) is 5.56 Å². The highest BCUT2D eigenvalue weighted by molar-refractivity contribution is 6.02. The van der Waals surface area contributed by atoms with Gasteiger partial charge in [-0.3, -0.25) is 4.79 Å². The van der Waals surface area contributed by atoms with E-state index in [2.05, 4.69) is 17.2 Å². The number of nitrogens with one attached hydrogen (secondary N) is 1. The molecule has 19 heavy (non-hydrogen) atoms. The Hall–Kier alpha value is -2.67. The number of benzene rings is 1. The molecule has 0 aliphatic heterocycles. The predicted molar refractivity (Wildman–Crippen MR) is 72.7 cm³/mol. The first kappa shape index (κ1) is 12.8. The molecular weight excluding hydrogens is 238 g/mol. The third-order valence-corrected chi connectivity index (χ3v) is 2.72. The maximum absolute atomic E-state index is 12.0. The SMILES string of the molecule is CCc1ccc(NC(=O)c2cccc(C#N)n2)cc1. The van der Waals surface area contributed by atoms with Crippen molar-refractivity contribution in [2.24, 2.45) is 0 Å². The van der Waals surface area contributed by atoms with Crippen molar-refractivity contribution in [1.29, 1.82) is 5.26 Å². The summed E-state index contributed by atoms with van der Waals surface area (Å²) in [5, 5.41) is 11.5. The molecule has 4 heteroatoms. The van der Waals surface area contributed by atoms with Crippen LogP contribution in [0, 0.1) is 11.3 Å². The topological polar surface area (TPSA) is 65.8 Å². The van der Waals surface area contributed by atoms with Gasteiger partial charge in [0.15, 0.2) is 0 Å². The van der Waals surface area contributed by atoms with E-state index in [-0.39, 0.29) is 17.3 Å². The van der Waals surface area contributed by atoms with Gasteiger partial charge >= 0.3 is 0 Å². The molecule has 0 aliphatic carbocycles. The first-order chi connectivity index (χ1) is 9.22. The maximum Gasteiger partial charge on any atom is 0.274 e. The molecule has 0 radical (unpaired) electrons. The molecular formula is C15H13N3O. The van der Waals surface area contributed by atoms with E-state index in [0.29, 0.717) is 5.69 Å². The Morgan fingerprint density at radius 1 is 1.26 bits per heavy atom. The van der Waals surface area contributed by atoms with Gasteiger partial charge in [0.2, 0.25) is 0 Å². The van der Waals surface area contributed by atoms with Crippen molar-refractivity contribution in [3.8, 4) is 6.07 Å². The first-order valence-electron chi connectivity index (χ1n) is 6.00. The molecule has 1 heterocycles. The van der Waals surface area contributed by atoms with E-state index in [1.54, 1.807) is 18.2 Å². The summed E-state index contributed by atoms with van der Waals surface area (Å²) in [4.78, 5) is 15.9. The van der Waals surface area contributed by atoms with E-state index in [1.807, 2.05) is 30.3 Å². The average Bonchev–Trinajstić information content (AvgIpc) is 2.48.